The van der Waals surface area contributed by atoms with Crippen molar-refractivity contribution in [3.8, 4) is 17.2 Å². The topological polar surface area (TPSA) is 39.1 Å². The number of nitrogens with one attached hydrogen (secondary N) is 1. The minimum absolute atomic E-state index is 0.0490. The van der Waals surface area contributed by atoms with Crippen molar-refractivity contribution in [1.29, 1.82) is 5.26 Å². The van der Waals surface area contributed by atoms with Gasteiger partial charge < -0.3 is 5.32 Å². The Balaban J connectivity index is 1.62. The molecule has 2 aliphatic rings. The number of fused-ring (bicyclic) bond motifs is 2. The third-order valence-electron chi connectivity index (χ3n) is 5.28. The lowest BCUT2D eigenvalue weighted by atomic mass is 10.0. The van der Waals surface area contributed by atoms with Gasteiger partial charge in [0.15, 0.2) is 0 Å². The molecule has 0 spiro atoms. The molecular formula is C20H19ClFN3. The summed E-state index contributed by atoms with van der Waals surface area (Å²) in [6.07, 6.45) is 1.26. The maximum atomic E-state index is 14.0. The van der Waals surface area contributed by atoms with Gasteiger partial charge in [-0.15, -0.1) is 0 Å². The standard InChI is InChI=1S/C20H19ClFN3/c21-20-16(12-25-11-13-6-17(25)10-24-9-13)2-1-3-18(20)14-4-5-15(8-23)19(22)7-14/h1-5,7,13,17,24H,6,9-12H2. The van der Waals surface area contributed by atoms with Gasteiger partial charge in [-0.2, -0.15) is 5.26 Å². The number of halogens is 2. The smallest absolute Gasteiger partial charge is 0.141 e. The van der Waals surface area contributed by atoms with Gasteiger partial charge in [0.2, 0.25) is 0 Å². The van der Waals surface area contributed by atoms with Crippen molar-refractivity contribution < 1.29 is 4.39 Å². The number of piperidine rings is 1. The second-order valence-electron chi connectivity index (χ2n) is 6.93. The number of benzene rings is 2. The Hall–Kier alpha value is -1.93. The van der Waals surface area contributed by atoms with E-state index in [1.807, 2.05) is 24.3 Å². The monoisotopic (exact) mass is 355 g/mol. The van der Waals surface area contributed by atoms with Crippen molar-refractivity contribution >= 4 is 11.6 Å². The molecule has 2 fully saturated rings. The summed E-state index contributed by atoms with van der Waals surface area (Å²) in [5.41, 5.74) is 2.62. The summed E-state index contributed by atoms with van der Waals surface area (Å²) in [5.74, 6) is 0.217. The number of likely N-dealkylation sites (tertiary alicyclic amines) is 1. The predicted octanol–water partition coefficient (Wildman–Crippen LogP) is 3.81. The average Bonchev–Trinajstić information content (AvgIpc) is 2.89. The molecule has 0 aliphatic carbocycles. The van der Waals surface area contributed by atoms with E-state index in [-0.39, 0.29) is 5.56 Å². The Morgan fingerprint density at radius 2 is 2.16 bits per heavy atom. The van der Waals surface area contributed by atoms with Crippen LogP contribution in [0.1, 0.15) is 17.5 Å². The molecule has 3 nitrogen and oxygen atoms in total. The zero-order chi connectivity index (χ0) is 17.4. The first-order valence-corrected chi connectivity index (χ1v) is 8.95. The zero-order valence-electron chi connectivity index (χ0n) is 13.8. The number of nitrogens with zero attached hydrogens (tertiary/aromatic N) is 2. The van der Waals surface area contributed by atoms with Gasteiger partial charge in [-0.1, -0.05) is 35.9 Å². The molecule has 2 aromatic rings. The highest BCUT2D eigenvalue weighted by Gasteiger charge is 2.35. The molecule has 0 aromatic heterocycles. The van der Waals surface area contributed by atoms with Crippen LogP contribution in [0.25, 0.3) is 11.1 Å². The quantitative estimate of drug-likeness (QED) is 0.910. The van der Waals surface area contributed by atoms with Crippen LogP contribution < -0.4 is 5.32 Å². The Morgan fingerprint density at radius 3 is 2.92 bits per heavy atom. The van der Waals surface area contributed by atoms with Crippen LogP contribution in [0.2, 0.25) is 5.02 Å². The SMILES string of the molecule is N#Cc1ccc(-c2cccc(CN3CC4CNCC3C4)c2Cl)cc1F. The average molecular weight is 356 g/mol. The van der Waals surface area contributed by atoms with Crippen molar-refractivity contribution in [2.75, 3.05) is 19.6 Å². The van der Waals surface area contributed by atoms with Crippen LogP contribution >= 0.6 is 11.6 Å². The number of nitriles is 1. The molecule has 25 heavy (non-hydrogen) atoms. The van der Waals surface area contributed by atoms with E-state index in [0.29, 0.717) is 16.6 Å². The Labute approximate surface area is 152 Å². The lowest BCUT2D eigenvalue weighted by Gasteiger charge is -2.25. The Kier molecular flexibility index (Phi) is 4.47. The van der Waals surface area contributed by atoms with Gasteiger partial charge in [0.05, 0.1) is 10.6 Å². The van der Waals surface area contributed by atoms with Crippen LogP contribution in [-0.4, -0.2) is 30.6 Å². The normalized spacial score (nSPS) is 22.8. The number of hydrogen-bond donors (Lipinski definition) is 1. The van der Waals surface area contributed by atoms with E-state index in [9.17, 15) is 4.39 Å². The van der Waals surface area contributed by atoms with Crippen molar-refractivity contribution in [2.24, 2.45) is 5.92 Å². The highest BCUT2D eigenvalue weighted by atomic mass is 35.5. The molecular weight excluding hydrogens is 337 g/mol. The number of hydrogen-bond acceptors (Lipinski definition) is 3. The highest BCUT2D eigenvalue weighted by Crippen LogP contribution is 2.34. The zero-order valence-corrected chi connectivity index (χ0v) is 14.6. The minimum Gasteiger partial charge on any atom is -0.315 e. The summed E-state index contributed by atoms with van der Waals surface area (Å²) in [7, 11) is 0. The molecule has 2 heterocycles. The van der Waals surface area contributed by atoms with Crippen LogP contribution in [0, 0.1) is 23.1 Å². The molecule has 5 heteroatoms. The first kappa shape index (κ1) is 16.5. The first-order valence-electron chi connectivity index (χ1n) is 8.58. The van der Waals surface area contributed by atoms with E-state index in [2.05, 4.69) is 10.2 Å². The molecule has 2 unspecified atom stereocenters. The van der Waals surface area contributed by atoms with Crippen molar-refractivity contribution in [3.05, 3.63) is 58.4 Å². The van der Waals surface area contributed by atoms with Crippen LogP contribution in [0.5, 0.6) is 0 Å². The van der Waals surface area contributed by atoms with E-state index < -0.39 is 5.82 Å². The Bertz CT molecular complexity index is 845. The molecule has 2 aromatic carbocycles. The second-order valence-corrected chi connectivity index (χ2v) is 7.31. The number of rotatable bonds is 3. The van der Waals surface area contributed by atoms with E-state index in [0.717, 1.165) is 43.2 Å². The summed E-state index contributed by atoms with van der Waals surface area (Å²) in [4.78, 5) is 2.50. The van der Waals surface area contributed by atoms with Gasteiger partial charge in [-0.3, -0.25) is 4.90 Å². The Morgan fingerprint density at radius 1 is 1.28 bits per heavy atom. The molecule has 4 rings (SSSR count). The molecule has 2 saturated heterocycles. The molecule has 0 radical (unpaired) electrons. The molecule has 0 amide bonds. The molecule has 128 valence electrons. The maximum absolute atomic E-state index is 14.0. The first-order chi connectivity index (χ1) is 12.2. The summed E-state index contributed by atoms with van der Waals surface area (Å²) < 4.78 is 14.0. The van der Waals surface area contributed by atoms with Crippen molar-refractivity contribution in [1.82, 2.24) is 10.2 Å². The third-order valence-corrected chi connectivity index (χ3v) is 5.73. The molecule has 1 N–H and O–H groups in total. The van der Waals surface area contributed by atoms with Gasteiger partial charge in [0.1, 0.15) is 11.9 Å². The lowest BCUT2D eigenvalue weighted by molar-refractivity contribution is 0.246. The maximum Gasteiger partial charge on any atom is 0.141 e. The fraction of sp³-hybridized carbons (Fsp3) is 0.350. The van der Waals surface area contributed by atoms with E-state index in [1.165, 1.54) is 18.6 Å². The summed E-state index contributed by atoms with van der Waals surface area (Å²) in [5, 5.41) is 13.0. The minimum atomic E-state index is -0.513. The summed E-state index contributed by atoms with van der Waals surface area (Å²) in [6.45, 7) is 4.05. The summed E-state index contributed by atoms with van der Waals surface area (Å²) >= 11 is 6.66. The van der Waals surface area contributed by atoms with Crippen LogP contribution in [0.15, 0.2) is 36.4 Å². The molecule has 0 saturated carbocycles. The van der Waals surface area contributed by atoms with Gasteiger partial charge in [0, 0.05) is 31.2 Å². The van der Waals surface area contributed by atoms with Crippen molar-refractivity contribution in [3.63, 3.8) is 0 Å². The second kappa shape index (κ2) is 6.76. The van der Waals surface area contributed by atoms with E-state index in [1.54, 1.807) is 6.07 Å². The van der Waals surface area contributed by atoms with Gasteiger partial charge >= 0.3 is 0 Å². The molecule has 2 atom stereocenters. The van der Waals surface area contributed by atoms with Gasteiger partial charge in [-0.25, -0.2) is 4.39 Å². The van der Waals surface area contributed by atoms with Gasteiger partial charge in [-0.05, 0) is 42.1 Å². The largest absolute Gasteiger partial charge is 0.315 e. The predicted molar refractivity (Wildman–Crippen MR) is 96.7 cm³/mol. The molecule has 2 aliphatic heterocycles. The van der Waals surface area contributed by atoms with Crippen molar-refractivity contribution in [2.45, 2.75) is 19.0 Å². The van der Waals surface area contributed by atoms with E-state index in [4.69, 9.17) is 16.9 Å². The fourth-order valence-corrected chi connectivity index (χ4v) is 4.31. The lowest BCUT2D eigenvalue weighted by Crippen LogP contribution is -2.38. The molecule has 2 bridgehead atoms. The van der Waals surface area contributed by atoms with E-state index >= 15 is 0 Å². The third kappa shape index (κ3) is 3.16. The highest BCUT2D eigenvalue weighted by molar-refractivity contribution is 6.34. The summed E-state index contributed by atoms with van der Waals surface area (Å²) in [6, 6.07) is 13.0. The van der Waals surface area contributed by atoms with Crippen LogP contribution in [0.3, 0.4) is 0 Å². The van der Waals surface area contributed by atoms with Crippen LogP contribution in [-0.2, 0) is 6.54 Å². The fourth-order valence-electron chi connectivity index (χ4n) is 4.01. The van der Waals surface area contributed by atoms with Gasteiger partial charge in [0.25, 0.3) is 0 Å². The van der Waals surface area contributed by atoms with Crippen LogP contribution in [0.4, 0.5) is 4.39 Å².